The Balaban J connectivity index is 2.02. The lowest BCUT2D eigenvalue weighted by Gasteiger charge is -2.33. The number of hydrogen-bond donors (Lipinski definition) is 1. The average molecular weight is 240 g/mol. The van der Waals surface area contributed by atoms with E-state index in [0.717, 1.165) is 15.9 Å². The number of aliphatic hydroxyl groups excluding tert-OH is 1. The third-order valence-electron chi connectivity index (χ3n) is 3.46. The lowest BCUT2D eigenvalue weighted by atomic mass is 9.86. The zero-order chi connectivity index (χ0) is 11.5. The van der Waals surface area contributed by atoms with E-state index in [1.54, 1.807) is 17.5 Å². The van der Waals surface area contributed by atoms with Crippen molar-refractivity contribution in [1.82, 2.24) is 4.98 Å². The molecule has 1 aromatic rings. The second kappa shape index (κ2) is 5.15. The zero-order valence-electron chi connectivity index (χ0n) is 10.0. The molecule has 1 heterocycles. The van der Waals surface area contributed by atoms with Gasteiger partial charge in [0.25, 0.3) is 0 Å². The minimum Gasteiger partial charge on any atom is -0.391 e. The smallest absolute Gasteiger partial charge is 0.185 e. The fourth-order valence-electron chi connectivity index (χ4n) is 2.44. The summed E-state index contributed by atoms with van der Waals surface area (Å²) >= 11 is 1.60. The Hall–Kier alpha value is -0.610. The first-order chi connectivity index (χ1) is 7.70. The Morgan fingerprint density at radius 2 is 2.38 bits per heavy atom. The van der Waals surface area contributed by atoms with Crippen LogP contribution in [0.25, 0.3) is 0 Å². The number of aromatic nitrogens is 1. The Kier molecular flexibility index (Phi) is 3.82. The standard InChI is InChI=1S/C12H20N2OS/c1-9-4-3-5-10(6-9)14(2)12-13-7-11(8-15)16-12/h7,9-10,15H,3-6,8H2,1-2H3. The summed E-state index contributed by atoms with van der Waals surface area (Å²) < 4.78 is 0. The van der Waals surface area contributed by atoms with Crippen molar-refractivity contribution < 1.29 is 5.11 Å². The van der Waals surface area contributed by atoms with Crippen LogP contribution in [-0.2, 0) is 6.61 Å². The van der Waals surface area contributed by atoms with E-state index in [1.165, 1.54) is 25.7 Å². The lowest BCUT2D eigenvalue weighted by molar-refractivity contribution is 0.285. The van der Waals surface area contributed by atoms with Gasteiger partial charge in [0.2, 0.25) is 0 Å². The third kappa shape index (κ3) is 2.55. The van der Waals surface area contributed by atoms with Crippen LogP contribution in [0.1, 0.15) is 37.5 Å². The molecule has 3 nitrogen and oxygen atoms in total. The largest absolute Gasteiger partial charge is 0.391 e. The van der Waals surface area contributed by atoms with Crippen molar-refractivity contribution in [3.63, 3.8) is 0 Å². The molecule has 0 aromatic carbocycles. The van der Waals surface area contributed by atoms with Crippen LogP contribution < -0.4 is 4.90 Å². The molecule has 0 aliphatic heterocycles. The van der Waals surface area contributed by atoms with Gasteiger partial charge >= 0.3 is 0 Å². The van der Waals surface area contributed by atoms with E-state index in [2.05, 4.69) is 23.9 Å². The van der Waals surface area contributed by atoms with E-state index in [9.17, 15) is 0 Å². The summed E-state index contributed by atoms with van der Waals surface area (Å²) in [5.74, 6) is 0.832. The van der Waals surface area contributed by atoms with Crippen molar-refractivity contribution in [2.45, 2.75) is 45.3 Å². The molecule has 4 heteroatoms. The van der Waals surface area contributed by atoms with Gasteiger partial charge in [-0.2, -0.15) is 0 Å². The molecule has 0 radical (unpaired) electrons. The Morgan fingerprint density at radius 3 is 3.00 bits per heavy atom. The van der Waals surface area contributed by atoms with Gasteiger partial charge in [-0.3, -0.25) is 0 Å². The molecule has 1 aromatic heterocycles. The summed E-state index contributed by atoms with van der Waals surface area (Å²) in [5, 5.41) is 10.1. The first-order valence-electron chi connectivity index (χ1n) is 5.99. The molecule has 2 atom stereocenters. The van der Waals surface area contributed by atoms with Gasteiger partial charge < -0.3 is 10.0 Å². The second-order valence-corrected chi connectivity index (χ2v) is 5.90. The first-order valence-corrected chi connectivity index (χ1v) is 6.80. The fraction of sp³-hybridized carbons (Fsp3) is 0.750. The van der Waals surface area contributed by atoms with Gasteiger partial charge in [0.15, 0.2) is 5.13 Å². The third-order valence-corrected chi connectivity index (χ3v) is 4.53. The maximum atomic E-state index is 9.04. The van der Waals surface area contributed by atoms with Crippen molar-refractivity contribution in [3.05, 3.63) is 11.1 Å². The summed E-state index contributed by atoms with van der Waals surface area (Å²) in [6.45, 7) is 2.44. The highest BCUT2D eigenvalue weighted by Gasteiger charge is 2.23. The van der Waals surface area contributed by atoms with Crippen LogP contribution in [0, 0.1) is 5.92 Å². The van der Waals surface area contributed by atoms with Crippen LogP contribution in [0.3, 0.4) is 0 Å². The summed E-state index contributed by atoms with van der Waals surface area (Å²) in [4.78, 5) is 7.61. The van der Waals surface area contributed by atoms with Crippen LogP contribution in [0.15, 0.2) is 6.20 Å². The zero-order valence-corrected chi connectivity index (χ0v) is 10.8. The molecule has 1 aliphatic rings. The van der Waals surface area contributed by atoms with Crippen molar-refractivity contribution in [2.75, 3.05) is 11.9 Å². The molecule has 2 rings (SSSR count). The molecule has 16 heavy (non-hydrogen) atoms. The fourth-order valence-corrected chi connectivity index (χ4v) is 3.25. The van der Waals surface area contributed by atoms with Gasteiger partial charge in [0.05, 0.1) is 11.5 Å². The molecule has 2 unspecified atom stereocenters. The molecule has 0 saturated heterocycles. The maximum Gasteiger partial charge on any atom is 0.185 e. The van der Waals surface area contributed by atoms with Crippen molar-refractivity contribution >= 4 is 16.5 Å². The molecule has 0 bridgehead atoms. The van der Waals surface area contributed by atoms with E-state index in [0.29, 0.717) is 6.04 Å². The number of nitrogens with zero attached hydrogens (tertiary/aromatic N) is 2. The van der Waals surface area contributed by atoms with E-state index < -0.39 is 0 Å². The minimum atomic E-state index is 0.104. The second-order valence-electron chi connectivity index (χ2n) is 4.80. The van der Waals surface area contributed by atoms with Gasteiger partial charge in [-0.1, -0.05) is 31.1 Å². The highest BCUT2D eigenvalue weighted by atomic mass is 32.1. The number of aliphatic hydroxyl groups is 1. The normalized spacial score (nSPS) is 25.7. The summed E-state index contributed by atoms with van der Waals surface area (Å²) in [7, 11) is 2.13. The van der Waals surface area contributed by atoms with Crippen molar-refractivity contribution in [2.24, 2.45) is 5.92 Å². The van der Waals surface area contributed by atoms with Gasteiger partial charge in [-0.05, 0) is 18.8 Å². The SMILES string of the molecule is CC1CCCC(N(C)c2ncc(CO)s2)C1. The predicted molar refractivity (Wildman–Crippen MR) is 67.9 cm³/mol. The highest BCUT2D eigenvalue weighted by molar-refractivity contribution is 7.15. The molecular formula is C12H20N2OS. The van der Waals surface area contributed by atoms with E-state index in [1.807, 2.05) is 0 Å². The van der Waals surface area contributed by atoms with Crippen LogP contribution in [0.2, 0.25) is 0 Å². The average Bonchev–Trinajstić information content (AvgIpc) is 2.76. The Labute approximate surface area is 101 Å². The summed E-state index contributed by atoms with van der Waals surface area (Å²) in [6, 6.07) is 0.626. The summed E-state index contributed by atoms with van der Waals surface area (Å²) in [6.07, 6.45) is 7.01. The molecule has 1 aliphatic carbocycles. The highest BCUT2D eigenvalue weighted by Crippen LogP contribution is 2.31. The monoisotopic (exact) mass is 240 g/mol. The van der Waals surface area contributed by atoms with Gasteiger partial charge in [0, 0.05) is 19.3 Å². The van der Waals surface area contributed by atoms with Crippen LogP contribution in [0.4, 0.5) is 5.13 Å². The first kappa shape index (κ1) is 11.9. The van der Waals surface area contributed by atoms with E-state index >= 15 is 0 Å². The van der Waals surface area contributed by atoms with Crippen LogP contribution in [0.5, 0.6) is 0 Å². The van der Waals surface area contributed by atoms with Crippen molar-refractivity contribution in [1.29, 1.82) is 0 Å². The Bertz CT molecular complexity index is 340. The van der Waals surface area contributed by atoms with Crippen LogP contribution >= 0.6 is 11.3 Å². The molecular weight excluding hydrogens is 220 g/mol. The number of anilines is 1. The molecule has 0 amide bonds. The van der Waals surface area contributed by atoms with E-state index in [4.69, 9.17) is 5.11 Å². The van der Waals surface area contributed by atoms with Gasteiger partial charge in [0.1, 0.15) is 0 Å². The topological polar surface area (TPSA) is 36.4 Å². The summed E-state index contributed by atoms with van der Waals surface area (Å²) in [5.41, 5.74) is 0. The Morgan fingerprint density at radius 1 is 1.56 bits per heavy atom. The van der Waals surface area contributed by atoms with Gasteiger partial charge in [-0.25, -0.2) is 4.98 Å². The lowest BCUT2D eigenvalue weighted by Crippen LogP contribution is -2.35. The van der Waals surface area contributed by atoms with E-state index in [-0.39, 0.29) is 6.61 Å². The van der Waals surface area contributed by atoms with Gasteiger partial charge in [-0.15, -0.1) is 0 Å². The van der Waals surface area contributed by atoms with Crippen molar-refractivity contribution in [3.8, 4) is 0 Å². The number of thiazole rings is 1. The molecule has 0 spiro atoms. The molecule has 1 saturated carbocycles. The number of hydrogen-bond acceptors (Lipinski definition) is 4. The predicted octanol–water partition coefficient (Wildman–Crippen LogP) is 2.65. The quantitative estimate of drug-likeness (QED) is 0.882. The van der Waals surface area contributed by atoms with Crippen LogP contribution in [-0.4, -0.2) is 23.2 Å². The molecule has 90 valence electrons. The number of rotatable bonds is 3. The minimum absolute atomic E-state index is 0.104. The maximum absolute atomic E-state index is 9.04. The molecule has 1 N–H and O–H groups in total. The molecule has 1 fully saturated rings.